The highest BCUT2D eigenvalue weighted by Crippen LogP contribution is 2.29. The monoisotopic (exact) mass is 329 g/mol. The topological polar surface area (TPSA) is 32.7 Å². The molecule has 23 heavy (non-hydrogen) atoms. The van der Waals surface area contributed by atoms with Crippen molar-refractivity contribution in [1.29, 1.82) is 0 Å². The van der Waals surface area contributed by atoms with Gasteiger partial charge in [-0.15, -0.1) is 0 Å². The number of piperidine rings is 1. The van der Waals surface area contributed by atoms with Crippen LogP contribution in [0.2, 0.25) is 0 Å². The maximum Gasteiger partial charge on any atom is 0.165 e. The molecule has 122 valence electrons. The maximum absolute atomic E-state index is 10.3. The molecular formula is C19H24NO2P. The van der Waals surface area contributed by atoms with Crippen LogP contribution in [0.25, 0.3) is 0 Å². The molecule has 2 aromatic rings. The van der Waals surface area contributed by atoms with E-state index >= 15 is 0 Å². The molecule has 1 aliphatic rings. The van der Waals surface area contributed by atoms with Crippen molar-refractivity contribution in [2.75, 3.05) is 20.2 Å². The molecule has 1 fully saturated rings. The molecule has 0 bridgehead atoms. The lowest BCUT2D eigenvalue weighted by Gasteiger charge is -2.27. The zero-order valence-corrected chi connectivity index (χ0v) is 14.6. The summed E-state index contributed by atoms with van der Waals surface area (Å²) in [7, 11) is 2.03. The van der Waals surface area contributed by atoms with Crippen LogP contribution >= 0.6 is 8.58 Å². The third-order valence-corrected chi connectivity index (χ3v) is 5.78. The van der Waals surface area contributed by atoms with Gasteiger partial charge in [-0.1, -0.05) is 51.4 Å². The smallest absolute Gasteiger partial charge is 0.165 e. The number of phenols is 1. The highest BCUT2D eigenvalue weighted by Gasteiger charge is 2.14. The van der Waals surface area contributed by atoms with Gasteiger partial charge in [0.2, 0.25) is 0 Å². The van der Waals surface area contributed by atoms with Gasteiger partial charge in [0.1, 0.15) is 0 Å². The van der Waals surface area contributed by atoms with Crippen molar-refractivity contribution in [2.45, 2.75) is 25.8 Å². The van der Waals surface area contributed by atoms with Crippen LogP contribution in [-0.4, -0.2) is 30.2 Å². The van der Waals surface area contributed by atoms with Gasteiger partial charge >= 0.3 is 0 Å². The summed E-state index contributed by atoms with van der Waals surface area (Å²) in [5.74, 6) is 0.810. The Morgan fingerprint density at radius 2 is 1.74 bits per heavy atom. The fourth-order valence-corrected chi connectivity index (χ4v) is 4.29. The molecular weight excluding hydrogens is 305 g/mol. The van der Waals surface area contributed by atoms with Gasteiger partial charge in [0.25, 0.3) is 0 Å². The zero-order valence-electron chi connectivity index (χ0n) is 13.6. The van der Waals surface area contributed by atoms with E-state index in [0.717, 1.165) is 11.8 Å². The maximum atomic E-state index is 10.3. The van der Waals surface area contributed by atoms with Crippen LogP contribution in [0, 0.1) is 0 Å². The first-order valence-electron chi connectivity index (χ1n) is 8.21. The minimum Gasteiger partial charge on any atom is -0.504 e. The average Bonchev–Trinajstić information content (AvgIpc) is 2.59. The lowest BCUT2D eigenvalue weighted by Crippen LogP contribution is -2.30. The van der Waals surface area contributed by atoms with Gasteiger partial charge in [-0.3, -0.25) is 4.90 Å². The Morgan fingerprint density at radius 3 is 2.52 bits per heavy atom. The number of benzene rings is 2. The zero-order chi connectivity index (χ0) is 16.1. The molecule has 1 saturated heterocycles. The van der Waals surface area contributed by atoms with Gasteiger partial charge in [0.15, 0.2) is 11.5 Å². The Bertz CT molecular complexity index is 654. The number of hydrogen-bond acceptors (Lipinski definition) is 3. The Balaban J connectivity index is 1.80. The summed E-state index contributed by atoms with van der Waals surface area (Å²) in [5, 5.41) is 12.6. The number of rotatable bonds is 5. The molecule has 0 radical (unpaired) electrons. The standard InChI is InChI=1S/C19H24NO2P/c1-22-16-9-7-11-18(19(16)21)23-17-10-4-3-8-15(17)14-20-12-5-2-6-13-20/h3-4,7-11,21,23H,2,5-6,12-14H2,1H3. The summed E-state index contributed by atoms with van der Waals surface area (Å²) in [6.07, 6.45) is 3.97. The summed E-state index contributed by atoms with van der Waals surface area (Å²) < 4.78 is 5.22. The Hall–Kier alpha value is -1.57. The molecule has 2 aromatic carbocycles. The van der Waals surface area contributed by atoms with E-state index in [-0.39, 0.29) is 5.75 Å². The van der Waals surface area contributed by atoms with E-state index in [1.54, 1.807) is 13.2 Å². The number of aromatic hydroxyl groups is 1. The van der Waals surface area contributed by atoms with Crippen LogP contribution in [0.1, 0.15) is 24.8 Å². The molecule has 0 aromatic heterocycles. The van der Waals surface area contributed by atoms with Gasteiger partial charge in [0.05, 0.1) is 7.11 Å². The van der Waals surface area contributed by atoms with E-state index in [2.05, 4.69) is 29.2 Å². The lowest BCUT2D eigenvalue weighted by molar-refractivity contribution is 0.221. The van der Waals surface area contributed by atoms with Crippen LogP contribution < -0.4 is 15.3 Å². The van der Waals surface area contributed by atoms with E-state index in [1.807, 2.05) is 12.1 Å². The number of para-hydroxylation sites is 1. The summed E-state index contributed by atoms with van der Waals surface area (Å²) in [4.78, 5) is 2.54. The summed E-state index contributed by atoms with van der Waals surface area (Å²) in [6, 6.07) is 14.3. The first-order chi connectivity index (χ1) is 11.3. The summed E-state index contributed by atoms with van der Waals surface area (Å²) in [6.45, 7) is 3.40. The van der Waals surface area contributed by atoms with Crippen LogP contribution in [-0.2, 0) is 6.54 Å². The molecule has 1 atom stereocenters. The van der Waals surface area contributed by atoms with E-state index < -0.39 is 0 Å². The van der Waals surface area contributed by atoms with Crippen molar-refractivity contribution < 1.29 is 9.84 Å². The third-order valence-electron chi connectivity index (χ3n) is 4.35. The minimum atomic E-state index is 0.265. The molecule has 0 amide bonds. The van der Waals surface area contributed by atoms with Crippen LogP contribution in [0.3, 0.4) is 0 Å². The highest BCUT2D eigenvalue weighted by atomic mass is 31.1. The molecule has 0 spiro atoms. The number of phenolic OH excluding ortho intramolecular Hbond substituents is 1. The number of nitrogens with zero attached hydrogens (tertiary/aromatic N) is 1. The van der Waals surface area contributed by atoms with Gasteiger partial charge in [-0.2, -0.15) is 0 Å². The lowest BCUT2D eigenvalue weighted by atomic mass is 10.1. The van der Waals surface area contributed by atoms with Crippen molar-refractivity contribution in [1.82, 2.24) is 4.90 Å². The molecule has 1 aliphatic heterocycles. The fourth-order valence-electron chi connectivity index (χ4n) is 3.07. The first kappa shape index (κ1) is 16.3. The predicted molar refractivity (Wildman–Crippen MR) is 97.8 cm³/mol. The number of likely N-dealkylation sites (tertiary alicyclic amines) is 1. The molecule has 0 saturated carbocycles. The third kappa shape index (κ3) is 4.04. The SMILES string of the molecule is COc1cccc(Pc2ccccc2CN2CCCCC2)c1O. The summed E-state index contributed by atoms with van der Waals surface area (Å²) >= 11 is 0. The first-order valence-corrected chi connectivity index (χ1v) is 9.21. The number of hydrogen-bond donors (Lipinski definition) is 1. The van der Waals surface area contributed by atoms with E-state index in [4.69, 9.17) is 4.74 Å². The highest BCUT2D eigenvalue weighted by molar-refractivity contribution is 7.55. The van der Waals surface area contributed by atoms with Crippen LogP contribution in [0.4, 0.5) is 0 Å². The molecule has 1 heterocycles. The second kappa shape index (κ2) is 7.81. The molecule has 3 nitrogen and oxygen atoms in total. The molecule has 0 aliphatic carbocycles. The van der Waals surface area contributed by atoms with Crippen molar-refractivity contribution in [3.05, 3.63) is 48.0 Å². The average molecular weight is 329 g/mol. The summed E-state index contributed by atoms with van der Waals surface area (Å²) in [5.41, 5.74) is 1.37. The van der Waals surface area contributed by atoms with Gasteiger partial charge < -0.3 is 9.84 Å². The largest absolute Gasteiger partial charge is 0.504 e. The molecule has 1 unspecified atom stereocenters. The van der Waals surface area contributed by atoms with Crippen molar-refractivity contribution in [3.8, 4) is 11.5 Å². The normalized spacial score (nSPS) is 16.0. The van der Waals surface area contributed by atoms with Crippen LogP contribution in [0.15, 0.2) is 42.5 Å². The van der Waals surface area contributed by atoms with Crippen molar-refractivity contribution in [2.24, 2.45) is 0 Å². The number of methoxy groups -OCH3 is 1. The molecule has 4 heteroatoms. The van der Waals surface area contributed by atoms with Gasteiger partial charge in [-0.05, 0) is 42.9 Å². The Labute approximate surface area is 140 Å². The second-order valence-corrected chi connectivity index (χ2v) is 7.30. The molecule has 1 N–H and O–H groups in total. The van der Waals surface area contributed by atoms with E-state index in [1.165, 1.54) is 43.2 Å². The number of ether oxygens (including phenoxy) is 1. The second-order valence-electron chi connectivity index (χ2n) is 5.98. The van der Waals surface area contributed by atoms with E-state index in [9.17, 15) is 5.11 Å². The quantitative estimate of drug-likeness (QED) is 0.856. The Kier molecular flexibility index (Phi) is 5.53. The van der Waals surface area contributed by atoms with Crippen LogP contribution in [0.5, 0.6) is 11.5 Å². The minimum absolute atomic E-state index is 0.265. The predicted octanol–water partition coefficient (Wildman–Crippen LogP) is 3.02. The van der Waals surface area contributed by atoms with Gasteiger partial charge in [0, 0.05) is 11.8 Å². The van der Waals surface area contributed by atoms with Gasteiger partial charge in [-0.25, -0.2) is 0 Å². The van der Waals surface area contributed by atoms with Crippen molar-refractivity contribution in [3.63, 3.8) is 0 Å². The van der Waals surface area contributed by atoms with E-state index in [0.29, 0.717) is 14.3 Å². The Morgan fingerprint density at radius 1 is 1.00 bits per heavy atom. The molecule has 3 rings (SSSR count). The fraction of sp³-hybridized carbons (Fsp3) is 0.368. The van der Waals surface area contributed by atoms with Crippen molar-refractivity contribution >= 4 is 19.2 Å².